The Bertz CT molecular complexity index is 1870. The summed E-state index contributed by atoms with van der Waals surface area (Å²) < 4.78 is 18.7. The largest absolute Gasteiger partial charge is 0.497 e. The predicted molar refractivity (Wildman–Crippen MR) is 154 cm³/mol. The number of furan rings is 1. The van der Waals surface area contributed by atoms with E-state index in [4.69, 9.17) is 13.9 Å². The summed E-state index contributed by atoms with van der Waals surface area (Å²) in [4.78, 5) is 43.7. The van der Waals surface area contributed by atoms with E-state index in [9.17, 15) is 19.5 Å². The average molecular weight is 573 g/mol. The van der Waals surface area contributed by atoms with E-state index in [-0.39, 0.29) is 22.8 Å². The zero-order valence-corrected chi connectivity index (χ0v) is 23.9. The number of ether oxygens (including phenoxy) is 2. The molecule has 2 aromatic heterocycles. The first kappa shape index (κ1) is 27.9. The summed E-state index contributed by atoms with van der Waals surface area (Å²) in [5.74, 6) is -0.00987. The zero-order valence-electron chi connectivity index (χ0n) is 23.1. The van der Waals surface area contributed by atoms with Crippen LogP contribution in [0.5, 0.6) is 5.75 Å². The monoisotopic (exact) mass is 572 g/mol. The number of benzene rings is 2. The molecular formula is C31H28N2O7S. The SMILES string of the molecule is COc1ccc([C@@H]2C(C(=O)OC(C)C)=C(C)N=c3s/c(=C/c4ccc(-c5cccc(C(=O)O)c5C)o4)c(=O)n32)cc1. The topological polar surface area (TPSA) is 120 Å². The predicted octanol–water partition coefficient (Wildman–Crippen LogP) is 4.46. The van der Waals surface area contributed by atoms with Gasteiger partial charge in [-0.25, -0.2) is 14.6 Å². The quantitative estimate of drug-likeness (QED) is 0.325. The van der Waals surface area contributed by atoms with Gasteiger partial charge >= 0.3 is 11.9 Å². The number of carboxylic acids is 1. The number of thiazole rings is 1. The van der Waals surface area contributed by atoms with Gasteiger partial charge in [0, 0.05) is 11.6 Å². The van der Waals surface area contributed by atoms with Gasteiger partial charge in [-0.1, -0.05) is 35.6 Å². The highest BCUT2D eigenvalue weighted by Gasteiger charge is 2.33. The van der Waals surface area contributed by atoms with Crippen LogP contribution in [0.2, 0.25) is 0 Å². The number of allylic oxidation sites excluding steroid dienone is 1. The molecule has 210 valence electrons. The van der Waals surface area contributed by atoms with E-state index in [1.54, 1.807) is 77.3 Å². The molecule has 0 aliphatic carbocycles. The first-order valence-corrected chi connectivity index (χ1v) is 13.7. The van der Waals surface area contributed by atoms with Crippen molar-refractivity contribution in [2.45, 2.75) is 39.8 Å². The van der Waals surface area contributed by atoms with Crippen molar-refractivity contribution >= 4 is 29.4 Å². The van der Waals surface area contributed by atoms with Gasteiger partial charge in [0.1, 0.15) is 17.3 Å². The van der Waals surface area contributed by atoms with Crippen LogP contribution in [0, 0.1) is 6.92 Å². The van der Waals surface area contributed by atoms with Gasteiger partial charge in [-0.15, -0.1) is 0 Å². The minimum absolute atomic E-state index is 0.189. The summed E-state index contributed by atoms with van der Waals surface area (Å²) in [5, 5.41) is 9.47. The molecule has 1 atom stereocenters. The number of carbonyl (C=O) groups excluding carboxylic acids is 1. The van der Waals surface area contributed by atoms with Crippen molar-refractivity contribution in [3.05, 3.63) is 108 Å². The van der Waals surface area contributed by atoms with Gasteiger partial charge in [-0.3, -0.25) is 9.36 Å². The maximum absolute atomic E-state index is 13.8. The number of nitrogens with zero attached hydrogens (tertiary/aromatic N) is 2. The van der Waals surface area contributed by atoms with Gasteiger partial charge in [-0.05, 0) is 69.2 Å². The summed E-state index contributed by atoms with van der Waals surface area (Å²) in [7, 11) is 1.57. The standard InChI is InChI=1S/C31H28N2O7S/c1-16(2)39-30(37)26-18(4)32-31-33(27(26)19-9-11-20(38-5)12-10-19)28(34)25(41-31)15-21-13-14-24(40-21)22-7-6-8-23(17(22)3)29(35)36/h6-16,27H,1-5H3,(H,35,36)/b25-15+/t27-/m1/s1. The molecule has 0 bridgehead atoms. The van der Waals surface area contributed by atoms with Crippen LogP contribution < -0.4 is 19.6 Å². The highest BCUT2D eigenvalue weighted by Crippen LogP contribution is 2.32. The Morgan fingerprint density at radius 1 is 1.10 bits per heavy atom. The number of rotatable bonds is 7. The van der Waals surface area contributed by atoms with Crippen molar-refractivity contribution in [3.8, 4) is 17.1 Å². The second kappa shape index (κ2) is 11.1. The summed E-state index contributed by atoms with van der Waals surface area (Å²) >= 11 is 1.19. The number of aromatic carboxylic acids is 1. The van der Waals surface area contributed by atoms with Crippen LogP contribution in [0.1, 0.15) is 54.1 Å². The highest BCUT2D eigenvalue weighted by molar-refractivity contribution is 7.07. The lowest BCUT2D eigenvalue weighted by Gasteiger charge is -2.25. The second-order valence-corrected chi connectivity index (χ2v) is 10.8. The van der Waals surface area contributed by atoms with Gasteiger partial charge in [0.15, 0.2) is 4.80 Å². The number of methoxy groups -OCH3 is 1. The van der Waals surface area contributed by atoms with E-state index >= 15 is 0 Å². The molecular weight excluding hydrogens is 544 g/mol. The van der Waals surface area contributed by atoms with Crippen LogP contribution in [0.4, 0.5) is 0 Å². The second-order valence-electron chi connectivity index (χ2n) is 9.79. The third kappa shape index (κ3) is 5.26. The number of hydrogen-bond donors (Lipinski definition) is 1. The number of carbonyl (C=O) groups is 2. The summed E-state index contributed by atoms with van der Waals surface area (Å²) in [6.07, 6.45) is 1.28. The molecule has 3 heterocycles. The van der Waals surface area contributed by atoms with E-state index in [1.807, 2.05) is 12.1 Å². The third-order valence-electron chi connectivity index (χ3n) is 6.75. The molecule has 0 fully saturated rings. The minimum Gasteiger partial charge on any atom is -0.497 e. The van der Waals surface area contributed by atoms with E-state index < -0.39 is 18.0 Å². The van der Waals surface area contributed by atoms with Crippen molar-refractivity contribution in [2.24, 2.45) is 4.99 Å². The average Bonchev–Trinajstić information content (AvgIpc) is 3.51. The molecule has 0 unspecified atom stereocenters. The maximum atomic E-state index is 13.8. The van der Waals surface area contributed by atoms with Gasteiger partial charge in [0.25, 0.3) is 5.56 Å². The van der Waals surface area contributed by atoms with Crippen LogP contribution in [0.15, 0.2) is 80.1 Å². The minimum atomic E-state index is -1.02. The summed E-state index contributed by atoms with van der Waals surface area (Å²) in [6.45, 7) is 6.99. The number of carboxylic acid groups (broad SMARTS) is 1. The number of esters is 1. The van der Waals surface area contributed by atoms with Crippen LogP contribution in [0.3, 0.4) is 0 Å². The van der Waals surface area contributed by atoms with Crippen molar-refractivity contribution in [1.82, 2.24) is 4.57 Å². The third-order valence-corrected chi connectivity index (χ3v) is 7.73. The van der Waals surface area contributed by atoms with Crippen LogP contribution in [0.25, 0.3) is 17.4 Å². The molecule has 0 spiro atoms. The lowest BCUT2D eigenvalue weighted by atomic mass is 9.96. The first-order valence-electron chi connectivity index (χ1n) is 12.9. The summed E-state index contributed by atoms with van der Waals surface area (Å²) in [6, 6.07) is 14.9. The van der Waals surface area contributed by atoms with Crippen molar-refractivity contribution in [2.75, 3.05) is 7.11 Å². The molecule has 10 heteroatoms. The fraction of sp³-hybridized carbons (Fsp3) is 0.226. The molecule has 0 saturated carbocycles. The molecule has 4 aromatic rings. The van der Waals surface area contributed by atoms with Gasteiger partial charge in [0.05, 0.1) is 40.6 Å². The lowest BCUT2D eigenvalue weighted by molar-refractivity contribution is -0.143. The Balaban J connectivity index is 1.62. The Morgan fingerprint density at radius 3 is 2.49 bits per heavy atom. The zero-order chi connectivity index (χ0) is 29.4. The molecule has 5 rings (SSSR count). The van der Waals surface area contributed by atoms with Gasteiger partial charge < -0.3 is 19.0 Å². The highest BCUT2D eigenvalue weighted by atomic mass is 32.1. The molecule has 2 aromatic carbocycles. The Kier molecular flexibility index (Phi) is 7.51. The van der Waals surface area contributed by atoms with Crippen LogP contribution in [-0.4, -0.2) is 34.8 Å². The van der Waals surface area contributed by atoms with E-state index in [1.165, 1.54) is 22.0 Å². The molecule has 9 nitrogen and oxygen atoms in total. The van der Waals surface area contributed by atoms with Crippen LogP contribution >= 0.6 is 11.3 Å². The molecule has 0 radical (unpaired) electrons. The number of hydrogen-bond acceptors (Lipinski definition) is 8. The fourth-order valence-electron chi connectivity index (χ4n) is 4.80. The first-order chi connectivity index (χ1) is 19.6. The normalized spacial score (nSPS) is 15.1. The molecule has 41 heavy (non-hydrogen) atoms. The van der Waals surface area contributed by atoms with Crippen molar-refractivity contribution in [1.29, 1.82) is 0 Å². The van der Waals surface area contributed by atoms with E-state index in [0.29, 0.717) is 49.0 Å². The maximum Gasteiger partial charge on any atom is 0.338 e. The molecule has 1 aliphatic heterocycles. The van der Waals surface area contributed by atoms with Crippen molar-refractivity contribution in [3.63, 3.8) is 0 Å². The molecule has 0 amide bonds. The number of fused-ring (bicyclic) bond motifs is 1. The fourth-order valence-corrected chi connectivity index (χ4v) is 5.83. The van der Waals surface area contributed by atoms with E-state index in [0.717, 1.165) is 0 Å². The lowest BCUT2D eigenvalue weighted by Crippen LogP contribution is -2.40. The Hall–Kier alpha value is -4.70. The van der Waals surface area contributed by atoms with Gasteiger partial charge in [-0.2, -0.15) is 0 Å². The molecule has 1 N–H and O–H groups in total. The van der Waals surface area contributed by atoms with Crippen LogP contribution in [-0.2, 0) is 9.53 Å². The van der Waals surface area contributed by atoms with E-state index in [2.05, 4.69) is 4.99 Å². The molecule has 0 saturated heterocycles. The van der Waals surface area contributed by atoms with Gasteiger partial charge in [0.2, 0.25) is 0 Å². The smallest absolute Gasteiger partial charge is 0.338 e. The Morgan fingerprint density at radius 2 is 1.83 bits per heavy atom. The molecule has 1 aliphatic rings. The number of aromatic nitrogens is 1. The summed E-state index contributed by atoms with van der Waals surface area (Å²) in [5.41, 5.74) is 2.55. The van der Waals surface area contributed by atoms with Crippen molar-refractivity contribution < 1.29 is 28.6 Å². The Labute approximate surface area is 239 Å².